The zero-order valence-electron chi connectivity index (χ0n) is 30.8. The van der Waals surface area contributed by atoms with Crippen molar-refractivity contribution in [3.8, 4) is 17.1 Å². The summed E-state index contributed by atoms with van der Waals surface area (Å²) in [7, 11) is 0. The third-order valence-electron chi connectivity index (χ3n) is 9.94. The zero-order valence-corrected chi connectivity index (χ0v) is 31.6. The number of aromatic amines is 1. The second kappa shape index (κ2) is 17.4. The number of aliphatic hydroxyl groups is 2. The predicted molar refractivity (Wildman–Crippen MR) is 201 cm³/mol. The number of β-amino-alcohol motifs (C(OH)–C–C–N with tert-alkyl or cyclic N) is 1. The number of nitrogens with zero attached hydrogens (tertiary/aromatic N) is 5. The number of carbonyl (C=O) groups is 4. The number of amides is 4. The number of benzene rings is 2. The van der Waals surface area contributed by atoms with Crippen LogP contribution in [0.4, 0.5) is 0 Å². The minimum atomic E-state index is -0.966. The van der Waals surface area contributed by atoms with Crippen LogP contribution < -0.4 is 15.4 Å². The predicted octanol–water partition coefficient (Wildman–Crippen LogP) is 2.28. The molecule has 5 aromatic rings. The van der Waals surface area contributed by atoms with Crippen LogP contribution >= 0.6 is 11.6 Å². The molecule has 18 heteroatoms. The quantitative estimate of drug-likeness (QED) is 0.109. The molecule has 2 aliphatic heterocycles. The Balaban J connectivity index is 0.965. The Labute approximate surface area is 331 Å². The van der Waals surface area contributed by atoms with Gasteiger partial charge in [-0.3, -0.25) is 24.3 Å². The van der Waals surface area contributed by atoms with Gasteiger partial charge in [-0.15, -0.1) is 0 Å². The third kappa shape index (κ3) is 9.50. The molecular weight excluding hydrogens is 760 g/mol. The average molecular weight is 801 g/mol. The van der Waals surface area contributed by atoms with Gasteiger partial charge in [0.1, 0.15) is 29.7 Å². The van der Waals surface area contributed by atoms with Crippen molar-refractivity contribution in [3.05, 3.63) is 106 Å². The number of ether oxygens (including phenoxy) is 1. The molecule has 0 aliphatic carbocycles. The molecule has 0 saturated carbocycles. The van der Waals surface area contributed by atoms with E-state index < -0.39 is 60.6 Å². The largest absolute Gasteiger partial charge is 0.470 e. The maximum Gasteiger partial charge on any atom is 0.254 e. The highest BCUT2D eigenvalue weighted by Gasteiger charge is 2.42. The van der Waals surface area contributed by atoms with Crippen LogP contribution in [0, 0.1) is 6.92 Å². The van der Waals surface area contributed by atoms with Crippen LogP contribution in [0.1, 0.15) is 47.2 Å². The molecule has 0 bridgehead atoms. The monoisotopic (exact) mass is 800 g/mol. The first kappa shape index (κ1) is 39.2. The van der Waals surface area contributed by atoms with Gasteiger partial charge in [-0.1, -0.05) is 53.2 Å². The summed E-state index contributed by atoms with van der Waals surface area (Å²) in [4.78, 5) is 56.6. The van der Waals surface area contributed by atoms with Crippen LogP contribution in [0.2, 0.25) is 5.02 Å². The number of hydrogen-bond acceptors (Lipinski definition) is 12. The molecule has 298 valence electrons. The summed E-state index contributed by atoms with van der Waals surface area (Å²) in [6.45, 7) is 1.57. The molecule has 5 N–H and O–H groups in total. The first-order valence-corrected chi connectivity index (χ1v) is 18.7. The summed E-state index contributed by atoms with van der Waals surface area (Å²) >= 11 is 6.02. The Morgan fingerprint density at radius 2 is 1.60 bits per heavy atom. The second-order valence-electron chi connectivity index (χ2n) is 14.1. The highest BCUT2D eigenvalue weighted by Crippen LogP contribution is 2.27. The maximum atomic E-state index is 13.7. The molecule has 2 saturated heterocycles. The molecule has 3 aromatic heterocycles. The molecule has 7 rings (SSSR count). The van der Waals surface area contributed by atoms with Crippen LogP contribution in [-0.4, -0.2) is 108 Å². The summed E-state index contributed by atoms with van der Waals surface area (Å²) < 4.78 is 16.7. The smallest absolute Gasteiger partial charge is 0.254 e. The van der Waals surface area contributed by atoms with Crippen LogP contribution in [-0.2, 0) is 38.6 Å². The van der Waals surface area contributed by atoms with E-state index in [0.29, 0.717) is 22.0 Å². The molecular formula is C39H41ClN8O9. The molecule has 57 heavy (non-hydrogen) atoms. The summed E-state index contributed by atoms with van der Waals surface area (Å²) in [5.41, 5.74) is 3.91. The summed E-state index contributed by atoms with van der Waals surface area (Å²) in [6.07, 6.45) is -0.132. The number of halogens is 1. The number of likely N-dealkylation sites (tertiary alicyclic amines) is 2. The number of hydrogen-bond donors (Lipinski definition) is 5. The molecule has 5 atom stereocenters. The lowest BCUT2D eigenvalue weighted by Gasteiger charge is -2.25. The van der Waals surface area contributed by atoms with E-state index in [4.69, 9.17) is 25.4 Å². The van der Waals surface area contributed by atoms with Gasteiger partial charge in [0.05, 0.1) is 49.5 Å². The number of rotatable bonds is 14. The standard InChI is InChI=1S/C39H41ClN8O9/c1-22-12-28(56-45-22)16-37(52)48-20-30(14-34(48)39(54)43-32(21-49)25-6-8-26(40)9-7-25)55-35-15-29(57-46-35)17-36(51)47-19-27(50)13-33(47)38(53)41-18-23-2-4-24(5-3-23)31-10-11-42-44-31/h2-12,15,27,30,32-34,49-50H,13-14,16-21H2,1H3,(H,41,53)(H,42,44)(H,43,54)/t27-,30-,32+,33+,34+/m1/s1. The average Bonchev–Trinajstić information content (AvgIpc) is 4.06. The van der Waals surface area contributed by atoms with E-state index >= 15 is 0 Å². The number of aromatic nitrogens is 4. The molecule has 2 aliphatic rings. The maximum absolute atomic E-state index is 13.7. The van der Waals surface area contributed by atoms with E-state index in [1.807, 2.05) is 30.3 Å². The Bertz CT molecular complexity index is 2170. The fourth-order valence-corrected chi connectivity index (χ4v) is 7.20. The van der Waals surface area contributed by atoms with E-state index in [0.717, 1.165) is 16.8 Å². The molecule has 0 unspecified atom stereocenters. The van der Waals surface area contributed by atoms with Gasteiger partial charge in [0.25, 0.3) is 5.88 Å². The van der Waals surface area contributed by atoms with Gasteiger partial charge in [0.2, 0.25) is 23.6 Å². The van der Waals surface area contributed by atoms with Crippen molar-refractivity contribution in [1.29, 1.82) is 0 Å². The van der Waals surface area contributed by atoms with E-state index in [9.17, 15) is 29.4 Å². The van der Waals surface area contributed by atoms with Crippen molar-refractivity contribution in [2.24, 2.45) is 0 Å². The van der Waals surface area contributed by atoms with Gasteiger partial charge in [-0.2, -0.15) is 5.10 Å². The fraction of sp³-hybridized carbons (Fsp3) is 0.359. The van der Waals surface area contributed by atoms with Gasteiger partial charge >= 0.3 is 0 Å². The van der Waals surface area contributed by atoms with E-state index in [2.05, 4.69) is 31.1 Å². The zero-order chi connectivity index (χ0) is 40.1. The Kier molecular flexibility index (Phi) is 12.0. The number of H-pyrrole nitrogens is 1. The number of aryl methyl sites for hydroxylation is 1. The molecule has 2 aromatic carbocycles. The first-order valence-electron chi connectivity index (χ1n) is 18.4. The Morgan fingerprint density at radius 1 is 0.912 bits per heavy atom. The molecule has 0 radical (unpaired) electrons. The van der Waals surface area contributed by atoms with Gasteiger partial charge in [-0.25, -0.2) is 0 Å². The van der Waals surface area contributed by atoms with E-state index in [1.54, 1.807) is 43.5 Å². The lowest BCUT2D eigenvalue weighted by atomic mass is 10.1. The van der Waals surface area contributed by atoms with Crippen LogP contribution in [0.15, 0.2) is 82.0 Å². The van der Waals surface area contributed by atoms with Crippen molar-refractivity contribution in [3.63, 3.8) is 0 Å². The number of carbonyl (C=O) groups excluding carboxylic acids is 4. The SMILES string of the molecule is Cc1cc(CC(=O)N2C[C@H](Oc3cc(CC(=O)N4C[C@H](O)C[C@H]4C(=O)NCc4ccc(-c5ccn[nH]5)cc4)on3)C[C@H]2C(=O)N[C@@H](CO)c2ccc(Cl)cc2)on1. The van der Waals surface area contributed by atoms with Crippen LogP contribution in [0.5, 0.6) is 5.88 Å². The van der Waals surface area contributed by atoms with Gasteiger partial charge in [0.15, 0.2) is 0 Å². The molecule has 17 nitrogen and oxygen atoms in total. The third-order valence-corrected chi connectivity index (χ3v) is 10.2. The second-order valence-corrected chi connectivity index (χ2v) is 14.5. The van der Waals surface area contributed by atoms with Crippen molar-refractivity contribution >= 4 is 35.2 Å². The van der Waals surface area contributed by atoms with Gasteiger partial charge in [-0.05, 0) is 47.0 Å². The Hall–Kier alpha value is -6.04. The highest BCUT2D eigenvalue weighted by molar-refractivity contribution is 6.30. The van der Waals surface area contributed by atoms with Crippen molar-refractivity contribution in [2.75, 3.05) is 19.7 Å². The van der Waals surface area contributed by atoms with Crippen molar-refractivity contribution < 1.29 is 43.2 Å². The molecule has 5 heterocycles. The van der Waals surface area contributed by atoms with E-state index in [-0.39, 0.29) is 57.0 Å². The topological polar surface area (TPSA) is 229 Å². The van der Waals surface area contributed by atoms with Crippen LogP contribution in [0.3, 0.4) is 0 Å². The van der Waals surface area contributed by atoms with Crippen LogP contribution in [0.25, 0.3) is 11.3 Å². The highest BCUT2D eigenvalue weighted by atomic mass is 35.5. The molecule has 4 amide bonds. The first-order chi connectivity index (χ1) is 27.5. The lowest BCUT2D eigenvalue weighted by Crippen LogP contribution is -2.47. The number of aliphatic hydroxyl groups excluding tert-OH is 2. The van der Waals surface area contributed by atoms with Crippen molar-refractivity contribution in [1.82, 2.24) is 40.9 Å². The molecule has 2 fully saturated rings. The fourth-order valence-electron chi connectivity index (χ4n) is 7.07. The lowest BCUT2D eigenvalue weighted by molar-refractivity contribution is -0.138. The van der Waals surface area contributed by atoms with E-state index in [1.165, 1.54) is 15.9 Å². The van der Waals surface area contributed by atoms with Crippen molar-refractivity contribution in [2.45, 2.75) is 69.5 Å². The molecule has 0 spiro atoms. The summed E-state index contributed by atoms with van der Waals surface area (Å²) in [5.74, 6) is -1.22. The summed E-state index contributed by atoms with van der Waals surface area (Å²) in [6, 6.07) is 16.6. The Morgan fingerprint density at radius 3 is 2.26 bits per heavy atom. The number of nitrogens with one attached hydrogen (secondary N) is 3. The minimum absolute atomic E-state index is 0.0206. The van der Waals surface area contributed by atoms with Gasteiger partial charge in [0, 0.05) is 49.3 Å². The normalized spacial score (nSPS) is 19.7. The summed E-state index contributed by atoms with van der Waals surface area (Å²) in [5, 5.41) is 41.4. The minimum Gasteiger partial charge on any atom is -0.470 e. The van der Waals surface area contributed by atoms with Gasteiger partial charge < -0.3 is 44.4 Å².